The van der Waals surface area contributed by atoms with Crippen LogP contribution in [0.2, 0.25) is 0 Å². The largest absolute Gasteiger partial charge is 0.466 e. The van der Waals surface area contributed by atoms with E-state index in [0.717, 1.165) is 12.8 Å². The van der Waals surface area contributed by atoms with Crippen LogP contribution in [-0.2, 0) is 9.53 Å². The molecule has 13 heavy (non-hydrogen) atoms. The Kier molecular flexibility index (Phi) is 4.34. The van der Waals surface area contributed by atoms with Gasteiger partial charge in [-0.2, -0.15) is 0 Å². The molecule has 1 rings (SSSR count). The van der Waals surface area contributed by atoms with Gasteiger partial charge in [-0.05, 0) is 44.3 Å². The van der Waals surface area contributed by atoms with Crippen LogP contribution in [0.1, 0.15) is 39.0 Å². The van der Waals surface area contributed by atoms with Gasteiger partial charge >= 0.3 is 5.97 Å². The zero-order chi connectivity index (χ0) is 9.52. The summed E-state index contributed by atoms with van der Waals surface area (Å²) >= 11 is 0. The van der Waals surface area contributed by atoms with E-state index < -0.39 is 0 Å². The molecule has 0 aliphatic heterocycles. The van der Waals surface area contributed by atoms with Crippen molar-refractivity contribution >= 4 is 5.97 Å². The molecule has 0 N–H and O–H groups in total. The molecule has 0 amide bonds. The minimum atomic E-state index is -0.159. The number of esters is 1. The molecule has 1 saturated carbocycles. The van der Waals surface area contributed by atoms with Gasteiger partial charge < -0.3 is 4.74 Å². The van der Waals surface area contributed by atoms with Gasteiger partial charge in [0.2, 0.25) is 0 Å². The summed E-state index contributed by atoms with van der Waals surface area (Å²) in [5, 5.41) is 0. The van der Waals surface area contributed by atoms with Gasteiger partial charge in [-0.15, -0.1) is 5.73 Å². The summed E-state index contributed by atoms with van der Waals surface area (Å²) in [5.41, 5.74) is 4.51. The average molecular weight is 180 g/mol. The Balaban J connectivity index is 2.31. The molecule has 1 fully saturated rings. The third-order valence-corrected chi connectivity index (χ3v) is 2.09. The molecule has 0 radical (unpaired) electrons. The molecular formula is C11H16O2. The lowest BCUT2D eigenvalue weighted by atomic mass is 10.2. The van der Waals surface area contributed by atoms with E-state index in [2.05, 4.69) is 5.73 Å². The summed E-state index contributed by atoms with van der Waals surface area (Å²) in [6.07, 6.45) is 7.00. The Morgan fingerprint density at radius 2 is 2.23 bits per heavy atom. The first kappa shape index (κ1) is 10.1. The highest BCUT2D eigenvalue weighted by Gasteiger charge is 2.04. The fourth-order valence-corrected chi connectivity index (χ4v) is 1.44. The molecule has 0 bridgehead atoms. The number of hydrogen-bond acceptors (Lipinski definition) is 2. The van der Waals surface area contributed by atoms with Crippen LogP contribution in [0.15, 0.2) is 17.4 Å². The molecule has 1 aliphatic rings. The third kappa shape index (κ3) is 3.95. The number of hydrogen-bond donors (Lipinski definition) is 0. The van der Waals surface area contributed by atoms with Crippen molar-refractivity contribution in [1.82, 2.24) is 0 Å². The van der Waals surface area contributed by atoms with Crippen molar-refractivity contribution in [3.8, 4) is 0 Å². The molecule has 0 aromatic rings. The van der Waals surface area contributed by atoms with Crippen LogP contribution in [0.5, 0.6) is 0 Å². The lowest BCUT2D eigenvalue weighted by Gasteiger charge is -1.95. The van der Waals surface area contributed by atoms with Crippen molar-refractivity contribution in [2.45, 2.75) is 39.0 Å². The molecule has 0 spiro atoms. The fraction of sp³-hybridized carbons (Fsp3) is 0.636. The summed E-state index contributed by atoms with van der Waals surface area (Å²) in [7, 11) is 0. The minimum absolute atomic E-state index is 0.159. The van der Waals surface area contributed by atoms with Gasteiger partial charge in [-0.25, -0.2) is 0 Å². The van der Waals surface area contributed by atoms with Crippen molar-refractivity contribution in [2.24, 2.45) is 0 Å². The molecule has 2 nitrogen and oxygen atoms in total. The van der Waals surface area contributed by atoms with E-state index in [-0.39, 0.29) is 5.97 Å². The smallest absolute Gasteiger partial charge is 0.310 e. The van der Waals surface area contributed by atoms with Crippen LogP contribution in [-0.4, -0.2) is 12.6 Å². The van der Waals surface area contributed by atoms with E-state index in [0.29, 0.717) is 13.0 Å². The van der Waals surface area contributed by atoms with Gasteiger partial charge in [-0.1, -0.05) is 0 Å². The summed E-state index contributed by atoms with van der Waals surface area (Å²) < 4.78 is 4.79. The topological polar surface area (TPSA) is 26.3 Å². The maximum absolute atomic E-state index is 10.9. The number of carbonyl (C=O) groups excluding carboxylic acids is 1. The molecule has 1 aliphatic carbocycles. The van der Waals surface area contributed by atoms with Gasteiger partial charge in [-0.3, -0.25) is 4.79 Å². The molecule has 0 heterocycles. The predicted molar refractivity (Wildman–Crippen MR) is 51.3 cm³/mol. The van der Waals surface area contributed by atoms with Crippen molar-refractivity contribution in [2.75, 3.05) is 6.61 Å². The van der Waals surface area contributed by atoms with Crippen LogP contribution in [0.4, 0.5) is 0 Å². The van der Waals surface area contributed by atoms with Gasteiger partial charge in [0.25, 0.3) is 0 Å². The first-order chi connectivity index (χ1) is 6.33. The highest BCUT2D eigenvalue weighted by molar-refractivity contribution is 5.71. The maximum Gasteiger partial charge on any atom is 0.310 e. The van der Waals surface area contributed by atoms with Crippen molar-refractivity contribution in [3.63, 3.8) is 0 Å². The quantitative estimate of drug-likeness (QED) is 0.493. The van der Waals surface area contributed by atoms with E-state index in [9.17, 15) is 4.79 Å². The molecule has 0 aromatic heterocycles. The molecule has 2 heteroatoms. The molecule has 0 saturated heterocycles. The summed E-state index contributed by atoms with van der Waals surface area (Å²) in [6.45, 7) is 2.28. The van der Waals surface area contributed by atoms with E-state index >= 15 is 0 Å². The second kappa shape index (κ2) is 5.60. The predicted octanol–water partition coefficient (Wildman–Crippen LogP) is 2.60. The van der Waals surface area contributed by atoms with E-state index in [1.54, 1.807) is 6.08 Å². The Bertz CT molecular complexity index is 226. The van der Waals surface area contributed by atoms with Crippen LogP contribution in [0, 0.1) is 0 Å². The second-order valence-corrected chi connectivity index (χ2v) is 3.17. The lowest BCUT2D eigenvalue weighted by Crippen LogP contribution is -2.01. The maximum atomic E-state index is 10.9. The summed E-state index contributed by atoms with van der Waals surface area (Å²) in [5.74, 6) is -0.159. The molecule has 0 atom stereocenters. The van der Waals surface area contributed by atoms with Crippen LogP contribution < -0.4 is 0 Å². The van der Waals surface area contributed by atoms with E-state index in [1.165, 1.54) is 18.4 Å². The third-order valence-electron chi connectivity index (χ3n) is 2.09. The number of rotatable bonds is 3. The molecule has 0 unspecified atom stereocenters. The Hall–Kier alpha value is -1.01. The molecular weight excluding hydrogens is 164 g/mol. The van der Waals surface area contributed by atoms with Crippen LogP contribution in [0.3, 0.4) is 0 Å². The van der Waals surface area contributed by atoms with Gasteiger partial charge in [0, 0.05) is 0 Å². The summed E-state index contributed by atoms with van der Waals surface area (Å²) in [4.78, 5) is 10.9. The molecule has 72 valence electrons. The van der Waals surface area contributed by atoms with Crippen LogP contribution >= 0.6 is 0 Å². The van der Waals surface area contributed by atoms with Crippen LogP contribution in [0.25, 0.3) is 0 Å². The van der Waals surface area contributed by atoms with Gasteiger partial charge in [0.1, 0.15) is 0 Å². The normalized spacial score (nSPS) is 15.3. The Morgan fingerprint density at radius 1 is 1.54 bits per heavy atom. The van der Waals surface area contributed by atoms with Crippen molar-refractivity contribution in [1.29, 1.82) is 0 Å². The zero-order valence-corrected chi connectivity index (χ0v) is 8.14. The van der Waals surface area contributed by atoms with Crippen molar-refractivity contribution < 1.29 is 9.53 Å². The SMILES string of the molecule is CCOC(=O)CC=C=C1CCCC1. The lowest BCUT2D eigenvalue weighted by molar-refractivity contribution is -0.142. The monoisotopic (exact) mass is 180 g/mol. The van der Waals surface area contributed by atoms with Crippen molar-refractivity contribution in [3.05, 3.63) is 17.4 Å². The first-order valence-electron chi connectivity index (χ1n) is 4.91. The highest BCUT2D eigenvalue weighted by atomic mass is 16.5. The standard InChI is InChI=1S/C11H16O2/c1-2-13-11(12)9-5-8-10-6-3-4-7-10/h5H,2-4,6-7,9H2,1H3. The fourth-order valence-electron chi connectivity index (χ4n) is 1.44. The average Bonchev–Trinajstić information content (AvgIpc) is 2.57. The Morgan fingerprint density at radius 3 is 2.85 bits per heavy atom. The number of carbonyl (C=O) groups is 1. The second-order valence-electron chi connectivity index (χ2n) is 3.17. The number of ether oxygens (including phenoxy) is 1. The van der Waals surface area contributed by atoms with E-state index in [1.807, 2.05) is 6.92 Å². The highest BCUT2D eigenvalue weighted by Crippen LogP contribution is 2.22. The Labute approximate surface area is 79.3 Å². The van der Waals surface area contributed by atoms with Gasteiger partial charge in [0.15, 0.2) is 0 Å². The first-order valence-corrected chi connectivity index (χ1v) is 4.91. The summed E-state index contributed by atoms with van der Waals surface area (Å²) in [6, 6.07) is 0. The molecule has 0 aromatic carbocycles. The zero-order valence-electron chi connectivity index (χ0n) is 8.14. The van der Waals surface area contributed by atoms with E-state index in [4.69, 9.17) is 4.74 Å². The van der Waals surface area contributed by atoms with Gasteiger partial charge in [0.05, 0.1) is 13.0 Å². The minimum Gasteiger partial charge on any atom is -0.466 e.